The van der Waals surface area contributed by atoms with Gasteiger partial charge in [-0.15, -0.1) is 0 Å². The summed E-state index contributed by atoms with van der Waals surface area (Å²) in [7, 11) is 0. The van der Waals surface area contributed by atoms with Gasteiger partial charge in [-0.25, -0.2) is 18.7 Å². The number of pyridine rings is 1. The molecule has 2 aliphatic rings. The largest absolute Gasteiger partial charge is 0.384 e. The van der Waals surface area contributed by atoms with Gasteiger partial charge in [-0.2, -0.15) is 13.2 Å². The van der Waals surface area contributed by atoms with E-state index in [0.717, 1.165) is 32.8 Å². The molecule has 5 rings (SSSR count). The highest BCUT2D eigenvalue weighted by molar-refractivity contribution is 5.88. The Morgan fingerprint density at radius 3 is 2.46 bits per heavy atom. The van der Waals surface area contributed by atoms with Crippen molar-refractivity contribution in [1.29, 1.82) is 0 Å². The summed E-state index contributed by atoms with van der Waals surface area (Å²) in [4.78, 5) is 21.2. The molecule has 2 N–H and O–H groups in total. The van der Waals surface area contributed by atoms with Gasteiger partial charge in [-0.3, -0.25) is 4.79 Å². The van der Waals surface area contributed by atoms with Crippen molar-refractivity contribution in [3.63, 3.8) is 0 Å². The zero-order chi connectivity index (χ0) is 26.9. The second-order valence-electron chi connectivity index (χ2n) is 10.5. The van der Waals surface area contributed by atoms with E-state index < -0.39 is 46.5 Å². The maximum atomic E-state index is 15.2. The molecule has 2 heterocycles. The van der Waals surface area contributed by atoms with Crippen molar-refractivity contribution < 1.29 is 27.1 Å². The SMILES string of the molecule is Cc1nc(NCc2cccc(C(F)(F)C(C)(C)O)c2F)c2cn(C3CC(F)C4CCC43)c(=O)c(F)c2n1. The first kappa shape index (κ1) is 25.6. The highest BCUT2D eigenvalue weighted by Gasteiger charge is 2.50. The van der Waals surface area contributed by atoms with Gasteiger partial charge in [-0.05, 0) is 57.9 Å². The van der Waals surface area contributed by atoms with Crippen LogP contribution in [0.2, 0.25) is 0 Å². The second kappa shape index (κ2) is 8.75. The molecule has 3 aromatic rings. The van der Waals surface area contributed by atoms with Crippen molar-refractivity contribution >= 4 is 16.7 Å². The average molecular weight is 523 g/mol. The number of fused-ring (bicyclic) bond motifs is 2. The molecule has 4 unspecified atom stereocenters. The Morgan fingerprint density at radius 2 is 1.84 bits per heavy atom. The van der Waals surface area contributed by atoms with Crippen LogP contribution in [0.5, 0.6) is 0 Å². The summed E-state index contributed by atoms with van der Waals surface area (Å²) in [6.45, 7) is 2.98. The fraction of sp³-hybridized carbons (Fsp3) is 0.500. The molecule has 37 heavy (non-hydrogen) atoms. The Morgan fingerprint density at radius 1 is 1.14 bits per heavy atom. The van der Waals surface area contributed by atoms with Gasteiger partial charge in [0.05, 0.1) is 10.9 Å². The first-order valence-electron chi connectivity index (χ1n) is 12.2. The highest BCUT2D eigenvalue weighted by atomic mass is 19.3. The molecular formula is C26H27F5N4O2. The fourth-order valence-electron chi connectivity index (χ4n) is 5.51. The number of aromatic nitrogens is 3. The van der Waals surface area contributed by atoms with Crippen molar-refractivity contribution in [2.75, 3.05) is 5.32 Å². The molecule has 0 spiro atoms. The number of alkyl halides is 3. The number of nitrogens with one attached hydrogen (secondary N) is 1. The van der Waals surface area contributed by atoms with Crippen molar-refractivity contribution in [2.45, 2.75) is 70.3 Å². The summed E-state index contributed by atoms with van der Waals surface area (Å²) in [5.74, 6) is -6.13. The van der Waals surface area contributed by atoms with E-state index in [9.17, 15) is 23.1 Å². The number of rotatable bonds is 6. The Bertz CT molecular complexity index is 1440. The summed E-state index contributed by atoms with van der Waals surface area (Å²) in [6, 6.07) is 2.96. The predicted octanol–water partition coefficient (Wildman–Crippen LogP) is 5.16. The lowest BCUT2D eigenvalue weighted by atomic mass is 9.74. The number of anilines is 1. The minimum Gasteiger partial charge on any atom is -0.384 e. The van der Waals surface area contributed by atoms with Crippen LogP contribution in [0.15, 0.2) is 29.2 Å². The topological polar surface area (TPSA) is 80.0 Å². The quantitative estimate of drug-likeness (QED) is 0.437. The van der Waals surface area contributed by atoms with E-state index >= 15 is 8.78 Å². The first-order chi connectivity index (χ1) is 17.3. The van der Waals surface area contributed by atoms with Gasteiger partial charge >= 0.3 is 5.92 Å². The molecule has 11 heteroatoms. The molecular weight excluding hydrogens is 495 g/mol. The molecule has 4 atom stereocenters. The molecule has 2 aliphatic carbocycles. The number of aliphatic hydroxyl groups is 1. The van der Waals surface area contributed by atoms with Crippen LogP contribution in [0.25, 0.3) is 10.9 Å². The van der Waals surface area contributed by atoms with E-state index in [1.165, 1.54) is 29.8 Å². The van der Waals surface area contributed by atoms with Crippen molar-refractivity contribution in [1.82, 2.24) is 14.5 Å². The molecule has 198 valence electrons. The third-order valence-electron chi connectivity index (χ3n) is 7.75. The summed E-state index contributed by atoms with van der Waals surface area (Å²) in [6.07, 6.45) is 1.94. The number of aryl methyl sites for hydroxylation is 1. The Kier molecular flexibility index (Phi) is 6.04. The van der Waals surface area contributed by atoms with Crippen molar-refractivity contribution in [2.24, 2.45) is 11.8 Å². The number of benzene rings is 1. The summed E-state index contributed by atoms with van der Waals surface area (Å²) in [5, 5.41) is 12.8. The maximum Gasteiger partial charge on any atom is 0.303 e. The molecule has 1 aromatic carbocycles. The predicted molar refractivity (Wildman–Crippen MR) is 127 cm³/mol. The first-order valence-corrected chi connectivity index (χ1v) is 12.2. The van der Waals surface area contributed by atoms with Crippen LogP contribution in [0, 0.1) is 30.4 Å². The standard InChI is InChI=1S/C26H27F5N4O2/c1-12-33-22-16(11-35(24(36)21(22)29)19-9-18(27)14-7-8-15(14)19)23(34-12)32-10-13-5-4-6-17(20(13)28)26(30,31)25(2,3)37/h4-6,11,14-15,18-19,37H,7-10H2,1-3H3,(H,32,33,34). The van der Waals surface area contributed by atoms with Crippen LogP contribution < -0.4 is 10.9 Å². The van der Waals surface area contributed by atoms with Crippen LogP contribution in [0.1, 0.15) is 56.1 Å². The monoisotopic (exact) mass is 522 g/mol. The fourth-order valence-corrected chi connectivity index (χ4v) is 5.51. The molecule has 0 amide bonds. The normalized spacial score (nSPS) is 23.7. The van der Waals surface area contributed by atoms with Crippen LogP contribution in [0.4, 0.5) is 27.8 Å². The van der Waals surface area contributed by atoms with Gasteiger partial charge in [0.1, 0.15) is 34.7 Å². The van der Waals surface area contributed by atoms with Crippen LogP contribution >= 0.6 is 0 Å². The van der Waals surface area contributed by atoms with Gasteiger partial charge < -0.3 is 15.0 Å². The lowest BCUT2D eigenvalue weighted by molar-refractivity contribution is -0.170. The third kappa shape index (κ3) is 4.07. The van der Waals surface area contributed by atoms with Gasteiger partial charge in [0.15, 0.2) is 0 Å². The van der Waals surface area contributed by atoms with E-state index in [-0.39, 0.29) is 52.9 Å². The van der Waals surface area contributed by atoms with E-state index in [0.29, 0.717) is 0 Å². The van der Waals surface area contributed by atoms with Gasteiger partial charge in [0.25, 0.3) is 5.56 Å². The molecule has 0 bridgehead atoms. The molecule has 0 radical (unpaired) electrons. The smallest absolute Gasteiger partial charge is 0.303 e. The maximum absolute atomic E-state index is 15.2. The number of hydrogen-bond donors (Lipinski definition) is 2. The number of hydrogen-bond acceptors (Lipinski definition) is 5. The summed E-state index contributed by atoms with van der Waals surface area (Å²) < 4.78 is 75.3. The Balaban J connectivity index is 1.53. The third-order valence-corrected chi connectivity index (χ3v) is 7.75. The Hall–Kier alpha value is -3.08. The molecule has 2 aromatic heterocycles. The minimum atomic E-state index is -3.86. The van der Waals surface area contributed by atoms with Gasteiger partial charge in [-0.1, -0.05) is 12.1 Å². The lowest BCUT2D eigenvalue weighted by Gasteiger charge is -2.35. The molecule has 0 aliphatic heterocycles. The van der Waals surface area contributed by atoms with Gasteiger partial charge in [0.2, 0.25) is 5.82 Å². The van der Waals surface area contributed by atoms with E-state index in [1.54, 1.807) is 0 Å². The molecule has 0 saturated heterocycles. The van der Waals surface area contributed by atoms with E-state index in [1.807, 2.05) is 0 Å². The molecule has 2 saturated carbocycles. The second-order valence-corrected chi connectivity index (χ2v) is 10.5. The summed E-state index contributed by atoms with van der Waals surface area (Å²) >= 11 is 0. The zero-order valence-corrected chi connectivity index (χ0v) is 20.5. The van der Waals surface area contributed by atoms with Crippen molar-refractivity contribution in [3.05, 3.63) is 63.3 Å². The average Bonchev–Trinajstić information content (AvgIpc) is 3.01. The lowest BCUT2D eigenvalue weighted by Crippen LogP contribution is -2.41. The number of halogens is 5. The van der Waals surface area contributed by atoms with Crippen LogP contribution in [-0.2, 0) is 12.5 Å². The zero-order valence-electron chi connectivity index (χ0n) is 20.5. The van der Waals surface area contributed by atoms with Gasteiger partial charge in [0, 0.05) is 24.3 Å². The van der Waals surface area contributed by atoms with Crippen LogP contribution in [0.3, 0.4) is 0 Å². The van der Waals surface area contributed by atoms with E-state index in [4.69, 9.17) is 0 Å². The Labute approximate surface area is 209 Å². The van der Waals surface area contributed by atoms with E-state index in [2.05, 4.69) is 15.3 Å². The highest BCUT2D eigenvalue weighted by Crippen LogP contribution is 2.53. The molecule has 2 fully saturated rings. The summed E-state index contributed by atoms with van der Waals surface area (Å²) in [5.41, 5.74) is -4.72. The minimum absolute atomic E-state index is 0.0541. The van der Waals surface area contributed by atoms with Crippen molar-refractivity contribution in [3.8, 4) is 0 Å². The molecule has 6 nitrogen and oxygen atoms in total. The van der Waals surface area contributed by atoms with Crippen LogP contribution in [-0.4, -0.2) is 31.4 Å². The number of nitrogens with zero attached hydrogens (tertiary/aromatic N) is 3.